The smallest absolute Gasteiger partial charge is 0.197 e. The lowest BCUT2D eigenvalue weighted by Crippen LogP contribution is -2.09. The van der Waals surface area contributed by atoms with E-state index < -0.39 is 0 Å². The number of hydrogen-bond acceptors (Lipinski definition) is 4. The number of halogens is 3. The Bertz CT molecular complexity index is 1220. The zero-order chi connectivity index (χ0) is 20.0. The highest BCUT2D eigenvalue weighted by atomic mass is 35.5. The first kappa shape index (κ1) is 18.7. The summed E-state index contributed by atoms with van der Waals surface area (Å²) in [5.74, 6) is 0.610. The molecule has 2 aromatic carbocycles. The maximum atomic E-state index is 14.0. The van der Waals surface area contributed by atoms with Crippen LogP contribution in [0.25, 0.3) is 16.9 Å². The summed E-state index contributed by atoms with van der Waals surface area (Å²) in [6.45, 7) is 5.54. The molecule has 2 aromatic heterocycles. The van der Waals surface area contributed by atoms with Gasteiger partial charge in [-0.2, -0.15) is 5.10 Å². The van der Waals surface area contributed by atoms with Crippen molar-refractivity contribution in [3.05, 3.63) is 69.2 Å². The van der Waals surface area contributed by atoms with Gasteiger partial charge in [0.2, 0.25) is 0 Å². The van der Waals surface area contributed by atoms with Crippen LogP contribution in [0.4, 0.5) is 15.9 Å². The molecule has 0 saturated heterocycles. The SMILES string of the molecule is Cc1cc(C)n(-c2nc3cc(Cl)c(Cl)cc3nc2Nc2ccc(C)c(F)c2)n1. The molecule has 0 fully saturated rings. The Morgan fingerprint density at radius 3 is 2.21 bits per heavy atom. The van der Waals surface area contributed by atoms with E-state index in [0.717, 1.165) is 11.4 Å². The van der Waals surface area contributed by atoms with Crippen molar-refractivity contribution in [1.82, 2.24) is 19.7 Å². The van der Waals surface area contributed by atoms with Gasteiger partial charge >= 0.3 is 0 Å². The van der Waals surface area contributed by atoms with Crippen LogP contribution in [0.15, 0.2) is 36.4 Å². The van der Waals surface area contributed by atoms with Crippen molar-refractivity contribution in [2.75, 3.05) is 5.32 Å². The zero-order valence-electron chi connectivity index (χ0n) is 15.4. The van der Waals surface area contributed by atoms with Gasteiger partial charge in [-0.1, -0.05) is 29.3 Å². The average Bonchev–Trinajstić information content (AvgIpc) is 2.97. The molecule has 142 valence electrons. The van der Waals surface area contributed by atoms with Gasteiger partial charge in [0.1, 0.15) is 5.82 Å². The summed E-state index contributed by atoms with van der Waals surface area (Å²) in [5.41, 5.74) is 4.01. The largest absolute Gasteiger partial charge is 0.337 e. The second-order valence-corrected chi connectivity index (χ2v) is 7.39. The van der Waals surface area contributed by atoms with Crippen molar-refractivity contribution < 1.29 is 4.39 Å². The highest BCUT2D eigenvalue weighted by molar-refractivity contribution is 6.42. The fourth-order valence-electron chi connectivity index (χ4n) is 2.92. The predicted molar refractivity (Wildman–Crippen MR) is 111 cm³/mol. The minimum atomic E-state index is -0.304. The van der Waals surface area contributed by atoms with E-state index in [2.05, 4.69) is 15.4 Å². The molecule has 0 spiro atoms. The standard InChI is InChI=1S/C20H16Cl2FN5/c1-10-4-5-13(7-16(10)23)24-19-20(28-12(3)6-11(2)27-28)26-18-9-15(22)14(21)8-17(18)25-19/h4-9H,1-3H3,(H,24,25). The number of aromatic nitrogens is 4. The molecule has 1 N–H and O–H groups in total. The highest BCUT2D eigenvalue weighted by Gasteiger charge is 2.16. The van der Waals surface area contributed by atoms with Gasteiger partial charge < -0.3 is 5.32 Å². The summed E-state index contributed by atoms with van der Waals surface area (Å²) in [5, 5.41) is 8.43. The molecule has 5 nitrogen and oxygen atoms in total. The van der Waals surface area contributed by atoms with E-state index in [4.69, 9.17) is 28.2 Å². The number of hydrogen-bond donors (Lipinski definition) is 1. The molecule has 4 rings (SSSR count). The summed E-state index contributed by atoms with van der Waals surface area (Å²) >= 11 is 12.3. The molecule has 0 atom stereocenters. The molecule has 0 radical (unpaired) electrons. The van der Waals surface area contributed by atoms with Gasteiger partial charge in [0.25, 0.3) is 0 Å². The number of rotatable bonds is 3. The van der Waals surface area contributed by atoms with Crippen molar-refractivity contribution in [2.24, 2.45) is 0 Å². The molecule has 4 aromatic rings. The molecule has 0 aliphatic rings. The first-order valence-corrected chi connectivity index (χ1v) is 9.31. The van der Waals surface area contributed by atoms with Crippen LogP contribution >= 0.6 is 23.2 Å². The van der Waals surface area contributed by atoms with Crippen LogP contribution in [0.3, 0.4) is 0 Å². The minimum absolute atomic E-state index is 0.304. The molecule has 0 saturated carbocycles. The van der Waals surface area contributed by atoms with Gasteiger partial charge in [-0.3, -0.25) is 0 Å². The normalized spacial score (nSPS) is 11.2. The predicted octanol–water partition coefficient (Wildman–Crippen LogP) is 5.93. The van der Waals surface area contributed by atoms with Gasteiger partial charge in [0.15, 0.2) is 11.6 Å². The average molecular weight is 416 g/mol. The Morgan fingerprint density at radius 1 is 0.929 bits per heavy atom. The second kappa shape index (κ2) is 7.04. The lowest BCUT2D eigenvalue weighted by atomic mass is 10.2. The van der Waals surface area contributed by atoms with Gasteiger partial charge in [-0.25, -0.2) is 19.0 Å². The summed E-state index contributed by atoms with van der Waals surface area (Å²) in [6.07, 6.45) is 0. The van der Waals surface area contributed by atoms with E-state index in [1.807, 2.05) is 19.9 Å². The van der Waals surface area contributed by atoms with Crippen LogP contribution in [-0.2, 0) is 0 Å². The van der Waals surface area contributed by atoms with Crippen molar-refractivity contribution in [3.8, 4) is 5.82 Å². The molecule has 0 unspecified atom stereocenters. The Kier molecular flexibility index (Phi) is 4.69. The quantitative estimate of drug-likeness (QED) is 0.450. The van der Waals surface area contributed by atoms with E-state index in [1.54, 1.807) is 35.9 Å². The van der Waals surface area contributed by atoms with Gasteiger partial charge in [0.05, 0.1) is 26.8 Å². The molecular weight excluding hydrogens is 400 g/mol. The number of fused-ring (bicyclic) bond motifs is 1. The van der Waals surface area contributed by atoms with Crippen LogP contribution < -0.4 is 5.32 Å². The number of anilines is 2. The molecule has 0 bridgehead atoms. The number of nitrogens with one attached hydrogen (secondary N) is 1. The topological polar surface area (TPSA) is 55.6 Å². The molecule has 0 aliphatic carbocycles. The summed E-state index contributed by atoms with van der Waals surface area (Å²) < 4.78 is 15.7. The van der Waals surface area contributed by atoms with Crippen molar-refractivity contribution in [1.29, 1.82) is 0 Å². The van der Waals surface area contributed by atoms with Gasteiger partial charge in [-0.05, 0) is 56.7 Å². The summed E-state index contributed by atoms with van der Waals surface area (Å²) in [4.78, 5) is 9.35. The third-order valence-electron chi connectivity index (χ3n) is 4.33. The fraction of sp³-hybridized carbons (Fsp3) is 0.150. The maximum Gasteiger partial charge on any atom is 0.197 e. The third-order valence-corrected chi connectivity index (χ3v) is 5.05. The van der Waals surface area contributed by atoms with E-state index in [9.17, 15) is 4.39 Å². The van der Waals surface area contributed by atoms with Crippen molar-refractivity contribution >= 4 is 45.7 Å². The lowest BCUT2D eigenvalue weighted by molar-refractivity contribution is 0.619. The highest BCUT2D eigenvalue weighted by Crippen LogP contribution is 2.30. The van der Waals surface area contributed by atoms with E-state index in [1.165, 1.54) is 6.07 Å². The Balaban J connectivity index is 1.93. The van der Waals surface area contributed by atoms with Crippen LogP contribution in [-0.4, -0.2) is 19.7 Å². The van der Waals surface area contributed by atoms with Gasteiger partial charge in [0, 0.05) is 11.4 Å². The van der Waals surface area contributed by atoms with E-state index in [-0.39, 0.29) is 5.82 Å². The van der Waals surface area contributed by atoms with Crippen LogP contribution in [0.1, 0.15) is 17.0 Å². The first-order valence-electron chi connectivity index (χ1n) is 8.55. The third kappa shape index (κ3) is 3.41. The number of aryl methyl sites for hydroxylation is 3. The first-order chi connectivity index (χ1) is 13.3. The monoisotopic (exact) mass is 415 g/mol. The van der Waals surface area contributed by atoms with Crippen LogP contribution in [0.5, 0.6) is 0 Å². The van der Waals surface area contributed by atoms with E-state index in [0.29, 0.717) is 44.0 Å². The van der Waals surface area contributed by atoms with Gasteiger partial charge in [-0.15, -0.1) is 0 Å². The molecule has 2 heterocycles. The van der Waals surface area contributed by atoms with E-state index >= 15 is 0 Å². The molecule has 8 heteroatoms. The lowest BCUT2D eigenvalue weighted by Gasteiger charge is -2.14. The van der Waals surface area contributed by atoms with Crippen molar-refractivity contribution in [3.63, 3.8) is 0 Å². The molecule has 0 amide bonds. The number of nitrogens with zero attached hydrogens (tertiary/aromatic N) is 4. The molecular formula is C20H16Cl2FN5. The minimum Gasteiger partial charge on any atom is -0.337 e. The number of benzene rings is 2. The Hall–Kier alpha value is -2.70. The van der Waals surface area contributed by atoms with Crippen LogP contribution in [0.2, 0.25) is 10.0 Å². The summed E-state index contributed by atoms with van der Waals surface area (Å²) in [7, 11) is 0. The maximum absolute atomic E-state index is 14.0. The van der Waals surface area contributed by atoms with Crippen LogP contribution in [0, 0.1) is 26.6 Å². The summed E-state index contributed by atoms with van der Waals surface area (Å²) in [6, 6.07) is 10.2. The Morgan fingerprint density at radius 2 is 1.61 bits per heavy atom. The zero-order valence-corrected chi connectivity index (χ0v) is 16.9. The Labute approximate surface area is 171 Å². The molecule has 0 aliphatic heterocycles. The fourth-order valence-corrected chi connectivity index (χ4v) is 3.24. The molecule has 28 heavy (non-hydrogen) atoms. The second-order valence-electron chi connectivity index (χ2n) is 6.58. The van der Waals surface area contributed by atoms with Crippen molar-refractivity contribution in [2.45, 2.75) is 20.8 Å².